The van der Waals surface area contributed by atoms with E-state index in [1.807, 2.05) is 35.7 Å². The molecular weight excluding hydrogens is 348 g/mol. The van der Waals surface area contributed by atoms with E-state index < -0.39 is 0 Å². The Morgan fingerprint density at radius 1 is 1.27 bits per heavy atom. The zero-order valence-corrected chi connectivity index (χ0v) is 15.4. The van der Waals surface area contributed by atoms with Crippen molar-refractivity contribution in [2.75, 3.05) is 23.4 Å². The number of hydrogen-bond acceptors (Lipinski definition) is 4. The third-order valence-electron chi connectivity index (χ3n) is 4.93. The molecule has 6 heteroatoms. The number of hydrogen-bond donors (Lipinski definition) is 1. The van der Waals surface area contributed by atoms with Gasteiger partial charge in [0.25, 0.3) is 5.91 Å². The van der Waals surface area contributed by atoms with Gasteiger partial charge in [-0.15, -0.1) is 11.3 Å². The van der Waals surface area contributed by atoms with Gasteiger partial charge in [-0.3, -0.25) is 9.59 Å². The Hall–Kier alpha value is -2.18. The number of ether oxygens (including phenoxy) is 1. The lowest BCUT2D eigenvalue weighted by Crippen LogP contribution is -2.28. The Balaban J connectivity index is 1.45. The standard InChI is InChI=1S/C20H22N2O3S/c23-19(13-16-4-1-2-10-25-16)21-15-7-6-14-8-9-22(17(14)12-15)20(24)18-5-3-11-26-18/h3,5-7,11-12,16H,1-2,4,8-10,13H2,(H,21,23). The summed E-state index contributed by atoms with van der Waals surface area (Å²) in [6, 6.07) is 9.56. The lowest BCUT2D eigenvalue weighted by molar-refractivity contribution is -0.119. The van der Waals surface area contributed by atoms with Crippen LogP contribution in [-0.4, -0.2) is 31.1 Å². The van der Waals surface area contributed by atoms with Crippen LogP contribution >= 0.6 is 11.3 Å². The van der Waals surface area contributed by atoms with Gasteiger partial charge in [0.1, 0.15) is 0 Å². The van der Waals surface area contributed by atoms with Crippen molar-refractivity contribution in [2.24, 2.45) is 0 Å². The third kappa shape index (κ3) is 3.66. The largest absolute Gasteiger partial charge is 0.378 e. The fourth-order valence-electron chi connectivity index (χ4n) is 3.59. The van der Waals surface area contributed by atoms with Gasteiger partial charge in [-0.2, -0.15) is 0 Å². The number of anilines is 2. The van der Waals surface area contributed by atoms with E-state index in [2.05, 4.69) is 5.32 Å². The van der Waals surface area contributed by atoms with Crippen molar-refractivity contribution in [1.82, 2.24) is 0 Å². The topological polar surface area (TPSA) is 58.6 Å². The number of nitrogens with one attached hydrogen (secondary N) is 1. The third-order valence-corrected chi connectivity index (χ3v) is 5.79. The average Bonchev–Trinajstić information content (AvgIpc) is 3.32. The summed E-state index contributed by atoms with van der Waals surface area (Å²) < 4.78 is 5.64. The maximum Gasteiger partial charge on any atom is 0.268 e. The molecule has 2 aromatic rings. The summed E-state index contributed by atoms with van der Waals surface area (Å²) in [6.07, 6.45) is 4.40. The summed E-state index contributed by atoms with van der Waals surface area (Å²) in [4.78, 5) is 27.6. The zero-order chi connectivity index (χ0) is 17.9. The van der Waals surface area contributed by atoms with Crippen molar-refractivity contribution in [2.45, 2.75) is 38.2 Å². The van der Waals surface area contributed by atoms with Gasteiger partial charge >= 0.3 is 0 Å². The fraction of sp³-hybridized carbons (Fsp3) is 0.400. The summed E-state index contributed by atoms with van der Waals surface area (Å²) in [5, 5.41) is 4.87. The summed E-state index contributed by atoms with van der Waals surface area (Å²) in [5.74, 6) is -0.0104. The molecule has 3 heterocycles. The zero-order valence-electron chi connectivity index (χ0n) is 14.6. The van der Waals surface area contributed by atoms with Crippen molar-refractivity contribution in [3.05, 3.63) is 46.2 Å². The molecule has 5 nitrogen and oxygen atoms in total. The van der Waals surface area contributed by atoms with Crippen LogP contribution in [0.2, 0.25) is 0 Å². The maximum atomic E-state index is 12.7. The second-order valence-electron chi connectivity index (χ2n) is 6.77. The highest BCUT2D eigenvalue weighted by atomic mass is 32.1. The minimum atomic E-state index is -0.0361. The van der Waals surface area contributed by atoms with Crippen LogP contribution in [0.5, 0.6) is 0 Å². The Labute approximate surface area is 157 Å². The number of benzene rings is 1. The van der Waals surface area contributed by atoms with E-state index in [0.717, 1.165) is 54.1 Å². The molecule has 4 rings (SSSR count). The molecule has 2 aliphatic heterocycles. The van der Waals surface area contributed by atoms with Gasteiger partial charge in [0.2, 0.25) is 5.91 Å². The number of carbonyl (C=O) groups is 2. The number of thiophene rings is 1. The second-order valence-corrected chi connectivity index (χ2v) is 7.72. The van der Waals surface area contributed by atoms with E-state index in [-0.39, 0.29) is 17.9 Å². The Bertz CT molecular complexity index is 797. The highest BCUT2D eigenvalue weighted by molar-refractivity contribution is 7.12. The summed E-state index contributed by atoms with van der Waals surface area (Å²) >= 11 is 1.45. The number of fused-ring (bicyclic) bond motifs is 1. The quantitative estimate of drug-likeness (QED) is 0.889. The van der Waals surface area contributed by atoms with Gasteiger partial charge < -0.3 is 15.0 Å². The van der Waals surface area contributed by atoms with E-state index in [1.165, 1.54) is 11.3 Å². The Morgan fingerprint density at radius 2 is 2.19 bits per heavy atom. The first-order valence-electron chi connectivity index (χ1n) is 9.10. The Morgan fingerprint density at radius 3 is 2.96 bits per heavy atom. The molecule has 1 aromatic heterocycles. The Kier molecular flexibility index (Phi) is 5.04. The van der Waals surface area contributed by atoms with Crippen LogP contribution < -0.4 is 10.2 Å². The van der Waals surface area contributed by atoms with Gasteiger partial charge in [0, 0.05) is 24.5 Å². The summed E-state index contributed by atoms with van der Waals surface area (Å²) in [5.41, 5.74) is 2.77. The van der Waals surface area contributed by atoms with Crippen molar-refractivity contribution in [3.63, 3.8) is 0 Å². The molecule has 1 unspecified atom stereocenters. The van der Waals surface area contributed by atoms with Crippen LogP contribution in [0.3, 0.4) is 0 Å². The molecule has 2 aliphatic rings. The highest BCUT2D eigenvalue weighted by Crippen LogP contribution is 2.32. The van der Waals surface area contributed by atoms with Crippen LogP contribution in [0, 0.1) is 0 Å². The van der Waals surface area contributed by atoms with E-state index in [4.69, 9.17) is 4.74 Å². The predicted molar refractivity (Wildman–Crippen MR) is 103 cm³/mol. The highest BCUT2D eigenvalue weighted by Gasteiger charge is 2.26. The van der Waals surface area contributed by atoms with E-state index in [0.29, 0.717) is 13.0 Å². The molecule has 0 radical (unpaired) electrons. The molecule has 1 N–H and O–H groups in total. The molecule has 1 atom stereocenters. The van der Waals surface area contributed by atoms with Crippen molar-refractivity contribution >= 4 is 34.5 Å². The molecule has 26 heavy (non-hydrogen) atoms. The first-order chi connectivity index (χ1) is 12.7. The van der Waals surface area contributed by atoms with Gasteiger partial charge in [0.05, 0.1) is 17.4 Å². The van der Waals surface area contributed by atoms with E-state index in [1.54, 1.807) is 4.90 Å². The lowest BCUT2D eigenvalue weighted by atomic mass is 10.1. The second kappa shape index (κ2) is 7.60. The van der Waals surface area contributed by atoms with Crippen LogP contribution in [0.4, 0.5) is 11.4 Å². The minimum Gasteiger partial charge on any atom is -0.378 e. The lowest BCUT2D eigenvalue weighted by Gasteiger charge is -2.22. The number of amides is 2. The molecule has 1 saturated heterocycles. The van der Waals surface area contributed by atoms with Gasteiger partial charge in [0.15, 0.2) is 0 Å². The molecule has 136 valence electrons. The molecule has 0 spiro atoms. The van der Waals surface area contributed by atoms with Crippen LogP contribution in [0.15, 0.2) is 35.7 Å². The number of rotatable bonds is 4. The van der Waals surface area contributed by atoms with Crippen molar-refractivity contribution in [1.29, 1.82) is 0 Å². The van der Waals surface area contributed by atoms with Crippen LogP contribution in [0.1, 0.15) is 40.9 Å². The van der Waals surface area contributed by atoms with Gasteiger partial charge in [-0.25, -0.2) is 0 Å². The molecule has 1 aromatic carbocycles. The predicted octanol–water partition coefficient (Wildman–Crippen LogP) is 3.85. The summed E-state index contributed by atoms with van der Waals surface area (Å²) in [6.45, 7) is 1.43. The molecule has 0 saturated carbocycles. The van der Waals surface area contributed by atoms with Crippen molar-refractivity contribution in [3.8, 4) is 0 Å². The monoisotopic (exact) mass is 370 g/mol. The average molecular weight is 370 g/mol. The van der Waals surface area contributed by atoms with E-state index in [9.17, 15) is 9.59 Å². The fourth-order valence-corrected chi connectivity index (χ4v) is 4.26. The molecule has 1 fully saturated rings. The number of nitrogens with zero attached hydrogens (tertiary/aromatic N) is 1. The smallest absolute Gasteiger partial charge is 0.268 e. The SMILES string of the molecule is O=C(CC1CCCCO1)Nc1ccc2c(c1)N(C(=O)c1cccs1)CC2. The van der Waals surface area contributed by atoms with E-state index >= 15 is 0 Å². The molecular formula is C20H22N2O3S. The first-order valence-corrected chi connectivity index (χ1v) is 9.98. The maximum absolute atomic E-state index is 12.7. The first kappa shape index (κ1) is 17.2. The normalized spacial score (nSPS) is 19.2. The van der Waals surface area contributed by atoms with Crippen LogP contribution in [-0.2, 0) is 16.0 Å². The molecule has 0 aliphatic carbocycles. The minimum absolute atomic E-state index is 0.0232. The van der Waals surface area contributed by atoms with Gasteiger partial charge in [-0.1, -0.05) is 12.1 Å². The van der Waals surface area contributed by atoms with Gasteiger partial charge in [-0.05, 0) is 54.8 Å². The molecule has 0 bridgehead atoms. The summed E-state index contributed by atoms with van der Waals surface area (Å²) in [7, 11) is 0. The van der Waals surface area contributed by atoms with Crippen LogP contribution in [0.25, 0.3) is 0 Å². The number of carbonyl (C=O) groups excluding carboxylic acids is 2. The molecule has 2 amide bonds. The van der Waals surface area contributed by atoms with Crippen molar-refractivity contribution < 1.29 is 14.3 Å².